The minimum atomic E-state index is -2.87. The van der Waals surface area contributed by atoms with E-state index < -0.39 is 19.4 Å². The van der Waals surface area contributed by atoms with Crippen molar-refractivity contribution in [2.24, 2.45) is 0 Å². The molecule has 1 aliphatic rings. The molecule has 4 rings (SSSR count). The first-order valence-electron chi connectivity index (χ1n) is 12.1. The molecule has 0 bridgehead atoms. The molecule has 1 atom stereocenters. The Kier molecular flexibility index (Phi) is 6.42. The fourth-order valence-corrected chi connectivity index (χ4v) is 9.77. The molecule has 1 aliphatic heterocycles. The molecular formula is C29H35N2O3Si. The van der Waals surface area contributed by atoms with Crippen molar-refractivity contribution in [2.45, 2.75) is 57.7 Å². The van der Waals surface area contributed by atoms with E-state index in [4.69, 9.17) is 4.43 Å². The molecule has 0 N–H and O–H groups in total. The Balaban J connectivity index is 1.85. The largest absolute Gasteiger partial charge is 0.714 e. The molecule has 6 heteroatoms. The van der Waals surface area contributed by atoms with Crippen LogP contribution in [0.15, 0.2) is 91.0 Å². The number of rotatable bonds is 6. The van der Waals surface area contributed by atoms with Crippen molar-refractivity contribution in [3.8, 4) is 0 Å². The second-order valence-electron chi connectivity index (χ2n) is 11.1. The molecule has 183 valence electrons. The highest BCUT2D eigenvalue weighted by Gasteiger charge is 2.64. The van der Waals surface area contributed by atoms with E-state index in [1.165, 1.54) is 0 Å². The molecule has 0 saturated heterocycles. The van der Waals surface area contributed by atoms with Crippen molar-refractivity contribution >= 4 is 24.5 Å². The number of hydroxylamine groups is 3. The van der Waals surface area contributed by atoms with Crippen LogP contribution in [-0.4, -0.2) is 41.6 Å². The second kappa shape index (κ2) is 8.93. The van der Waals surface area contributed by atoms with Crippen molar-refractivity contribution in [1.29, 1.82) is 0 Å². The number of hydrogen-bond donors (Lipinski definition) is 0. The maximum Gasteiger partial charge on any atom is 0.316 e. The van der Waals surface area contributed by atoms with Gasteiger partial charge in [-0.25, -0.2) is 0 Å². The predicted octanol–water partition coefficient (Wildman–Crippen LogP) is 4.72. The van der Waals surface area contributed by atoms with E-state index >= 15 is 0 Å². The summed E-state index contributed by atoms with van der Waals surface area (Å²) in [5.74, 6) is 0.129. The number of hydrogen-bond acceptors (Lipinski definition) is 3. The van der Waals surface area contributed by atoms with Crippen LogP contribution in [0.5, 0.6) is 0 Å². The average molecular weight is 488 g/mol. The van der Waals surface area contributed by atoms with Gasteiger partial charge < -0.3 is 9.63 Å². The highest BCUT2D eigenvalue weighted by atomic mass is 28.4. The third-order valence-electron chi connectivity index (χ3n) is 7.68. The van der Waals surface area contributed by atoms with Gasteiger partial charge in [-0.1, -0.05) is 105 Å². The summed E-state index contributed by atoms with van der Waals surface area (Å²) in [7, 11) is -2.87. The molecule has 0 saturated carbocycles. The first kappa shape index (κ1) is 25.2. The quantitative estimate of drug-likeness (QED) is 0.287. The zero-order valence-electron chi connectivity index (χ0n) is 21.5. The molecule has 0 aliphatic carbocycles. The summed E-state index contributed by atoms with van der Waals surface area (Å²) in [6, 6.07) is 29.8. The van der Waals surface area contributed by atoms with Gasteiger partial charge in [-0.05, 0) is 48.3 Å². The summed E-state index contributed by atoms with van der Waals surface area (Å²) in [6.45, 7) is 12.2. The van der Waals surface area contributed by atoms with Gasteiger partial charge >= 0.3 is 5.84 Å². The van der Waals surface area contributed by atoms with Crippen molar-refractivity contribution in [1.82, 2.24) is 5.06 Å². The summed E-state index contributed by atoms with van der Waals surface area (Å²) in [5, 5.41) is 30.3. The standard InChI is InChI=1S/C29H35N2O3Si/c1-27(2,3)35(24-18-12-8-13-19-24,25-20-14-9-15-21-25)34-22-29(6)28(4,5)30(32)26(31(29)33)23-16-10-7-11-17-23/h7-21H,22H2,1-6H3. The van der Waals surface area contributed by atoms with E-state index in [9.17, 15) is 10.4 Å². The molecule has 1 unspecified atom stereocenters. The summed E-state index contributed by atoms with van der Waals surface area (Å²) >= 11 is 0. The summed E-state index contributed by atoms with van der Waals surface area (Å²) in [4.78, 5) is 0. The van der Waals surface area contributed by atoms with Crippen LogP contribution < -0.4 is 10.4 Å². The van der Waals surface area contributed by atoms with Crippen molar-refractivity contribution in [2.75, 3.05) is 6.61 Å². The minimum absolute atomic E-state index is 0.117. The fraction of sp³-hybridized carbons (Fsp3) is 0.345. The van der Waals surface area contributed by atoms with E-state index in [-0.39, 0.29) is 17.5 Å². The van der Waals surface area contributed by atoms with Crippen molar-refractivity contribution in [3.63, 3.8) is 0 Å². The Bertz CT molecular complexity index is 1150. The lowest BCUT2D eigenvalue weighted by molar-refractivity contribution is -0.548. The van der Waals surface area contributed by atoms with Gasteiger partial charge in [0.15, 0.2) is 11.1 Å². The molecular weight excluding hydrogens is 452 g/mol. The zero-order chi connectivity index (χ0) is 25.5. The maximum atomic E-state index is 13.9. The van der Waals surface area contributed by atoms with Gasteiger partial charge in [0.05, 0.1) is 12.2 Å². The van der Waals surface area contributed by atoms with Crippen LogP contribution >= 0.6 is 0 Å². The minimum Gasteiger partial charge on any atom is -0.714 e. The summed E-state index contributed by atoms with van der Waals surface area (Å²) in [5.41, 5.74) is -1.50. The Morgan fingerprint density at radius 3 is 1.69 bits per heavy atom. The normalized spacial score (nSPS) is 20.4. The van der Waals surface area contributed by atoms with Crippen LogP contribution in [-0.2, 0) is 9.63 Å². The predicted molar refractivity (Wildman–Crippen MR) is 143 cm³/mol. The van der Waals surface area contributed by atoms with Gasteiger partial charge in [0, 0.05) is 5.21 Å². The monoisotopic (exact) mass is 487 g/mol. The lowest BCUT2D eigenvalue weighted by atomic mass is 9.83. The Labute approximate surface area is 210 Å². The van der Waals surface area contributed by atoms with Crippen molar-refractivity contribution in [3.05, 3.63) is 102 Å². The molecule has 0 spiro atoms. The van der Waals surface area contributed by atoms with E-state index in [1.54, 1.807) is 12.1 Å². The number of nitrogens with zero attached hydrogens (tertiary/aromatic N) is 2. The Hall–Kier alpha value is -2.93. The van der Waals surface area contributed by atoms with Gasteiger partial charge in [0.2, 0.25) is 0 Å². The Morgan fingerprint density at radius 2 is 1.26 bits per heavy atom. The third kappa shape index (κ3) is 3.90. The lowest BCUT2D eigenvalue weighted by Gasteiger charge is -2.46. The summed E-state index contributed by atoms with van der Waals surface area (Å²) < 4.78 is 7.99. The van der Waals surface area contributed by atoms with Gasteiger partial charge in [0.1, 0.15) is 0 Å². The van der Waals surface area contributed by atoms with Gasteiger partial charge in [-0.2, -0.15) is 0 Å². The van der Waals surface area contributed by atoms with E-state index in [2.05, 4.69) is 45.0 Å². The number of benzene rings is 3. The molecule has 35 heavy (non-hydrogen) atoms. The van der Waals surface area contributed by atoms with Crippen LogP contribution in [0.2, 0.25) is 5.04 Å². The van der Waals surface area contributed by atoms with Crippen LogP contribution in [0.4, 0.5) is 0 Å². The first-order valence-corrected chi connectivity index (χ1v) is 14.0. The van der Waals surface area contributed by atoms with E-state index in [0.717, 1.165) is 20.2 Å². The van der Waals surface area contributed by atoms with Crippen LogP contribution in [0.1, 0.15) is 47.1 Å². The average Bonchev–Trinajstić information content (AvgIpc) is 2.97. The van der Waals surface area contributed by atoms with Gasteiger partial charge in [-0.3, -0.25) is 4.74 Å². The second-order valence-corrected chi connectivity index (χ2v) is 15.4. The molecule has 0 fully saturated rings. The van der Waals surface area contributed by atoms with E-state index in [1.807, 2.05) is 75.4 Å². The molecule has 3 aromatic rings. The first-order chi connectivity index (χ1) is 16.5. The topological polar surface area (TPSA) is 58.4 Å². The third-order valence-corrected chi connectivity index (χ3v) is 12.7. The zero-order valence-corrected chi connectivity index (χ0v) is 22.5. The fourth-order valence-electron chi connectivity index (χ4n) is 5.12. The Morgan fingerprint density at radius 1 is 0.829 bits per heavy atom. The highest BCUT2D eigenvalue weighted by Crippen LogP contribution is 2.42. The van der Waals surface area contributed by atoms with Crippen LogP contribution in [0, 0.1) is 5.21 Å². The molecule has 5 nitrogen and oxygen atoms in total. The van der Waals surface area contributed by atoms with Gasteiger partial charge in [-0.15, -0.1) is 0 Å². The maximum absolute atomic E-state index is 13.9. The van der Waals surface area contributed by atoms with Gasteiger partial charge in [0.25, 0.3) is 8.32 Å². The molecule has 1 radical (unpaired) electrons. The molecule has 0 amide bonds. The SMILES string of the molecule is CC1(C)N([O])C(c2ccccc2)=[N+]([O-])C1(C)CO[Si](c1ccccc1)(c1ccccc1)C(C)(C)C. The number of amidine groups is 1. The van der Waals surface area contributed by atoms with E-state index in [0.29, 0.717) is 5.56 Å². The summed E-state index contributed by atoms with van der Waals surface area (Å²) in [6.07, 6.45) is 0. The highest BCUT2D eigenvalue weighted by molar-refractivity contribution is 6.99. The van der Waals surface area contributed by atoms with Crippen LogP contribution in [0.25, 0.3) is 0 Å². The molecule has 0 aromatic heterocycles. The van der Waals surface area contributed by atoms with Crippen molar-refractivity contribution < 1.29 is 14.4 Å². The smallest absolute Gasteiger partial charge is 0.316 e. The lowest BCUT2D eigenvalue weighted by Crippen LogP contribution is -2.69. The molecule has 1 heterocycles. The molecule has 3 aromatic carbocycles. The van der Waals surface area contributed by atoms with Crippen LogP contribution in [0.3, 0.4) is 0 Å².